The molecule has 0 unspecified atom stereocenters. The number of amides is 3. The normalized spacial score (nSPS) is 9.74. The highest BCUT2D eigenvalue weighted by atomic mass is 35.5. The average molecular weight is 284 g/mol. The third-order valence-corrected chi connectivity index (χ3v) is 2.51. The summed E-state index contributed by atoms with van der Waals surface area (Å²) in [5.41, 5.74) is 5.50. The molecule has 1 rings (SSSR count). The van der Waals surface area contributed by atoms with E-state index in [9.17, 15) is 14.4 Å². The van der Waals surface area contributed by atoms with Crippen molar-refractivity contribution in [3.8, 4) is 0 Å². The standard InChI is InChI=1S/C12H14ClN3O3/c13-6-3-7-15-11(18)12(19)16-9-5-2-1-4-8(9)10(14)17/h1-2,4-5H,3,6-7H2,(H2,14,17)(H,15,18)(H,16,19). The van der Waals surface area contributed by atoms with Crippen molar-refractivity contribution in [2.45, 2.75) is 6.42 Å². The van der Waals surface area contributed by atoms with Crippen LogP contribution < -0.4 is 16.4 Å². The predicted octanol–water partition coefficient (Wildman–Crippen LogP) is 0.469. The number of primary amides is 1. The number of carbonyl (C=O) groups excluding carboxylic acids is 3. The van der Waals surface area contributed by atoms with Gasteiger partial charge in [0.05, 0.1) is 11.3 Å². The van der Waals surface area contributed by atoms with Gasteiger partial charge in [-0.2, -0.15) is 0 Å². The van der Waals surface area contributed by atoms with Crippen molar-refractivity contribution in [3.63, 3.8) is 0 Å². The minimum Gasteiger partial charge on any atom is -0.366 e. The van der Waals surface area contributed by atoms with Crippen LogP contribution in [0.15, 0.2) is 24.3 Å². The second kappa shape index (κ2) is 7.38. The van der Waals surface area contributed by atoms with Gasteiger partial charge < -0.3 is 16.4 Å². The SMILES string of the molecule is NC(=O)c1ccccc1NC(=O)C(=O)NCCCCl. The van der Waals surface area contributed by atoms with Crippen LogP contribution in [0.1, 0.15) is 16.8 Å². The molecule has 0 atom stereocenters. The third-order valence-electron chi connectivity index (χ3n) is 2.24. The van der Waals surface area contributed by atoms with Crippen LogP contribution in [-0.2, 0) is 9.59 Å². The number of rotatable bonds is 5. The van der Waals surface area contributed by atoms with E-state index in [1.165, 1.54) is 12.1 Å². The minimum absolute atomic E-state index is 0.143. The van der Waals surface area contributed by atoms with E-state index in [4.69, 9.17) is 17.3 Å². The monoisotopic (exact) mass is 283 g/mol. The highest BCUT2D eigenvalue weighted by molar-refractivity contribution is 6.40. The van der Waals surface area contributed by atoms with Gasteiger partial charge in [0.25, 0.3) is 5.91 Å². The summed E-state index contributed by atoms with van der Waals surface area (Å²) in [6.45, 7) is 0.313. The fourth-order valence-electron chi connectivity index (χ4n) is 1.34. The molecular formula is C12H14ClN3O3. The van der Waals surface area contributed by atoms with Crippen LogP contribution >= 0.6 is 11.6 Å². The molecule has 19 heavy (non-hydrogen) atoms. The topological polar surface area (TPSA) is 101 Å². The second-order valence-electron chi connectivity index (χ2n) is 3.66. The molecule has 6 nitrogen and oxygen atoms in total. The number of carbonyl (C=O) groups is 3. The van der Waals surface area contributed by atoms with Gasteiger partial charge in [-0.1, -0.05) is 12.1 Å². The Morgan fingerprint density at radius 1 is 1.16 bits per heavy atom. The maximum Gasteiger partial charge on any atom is 0.313 e. The first-order valence-corrected chi connectivity index (χ1v) is 6.13. The number of nitrogens with one attached hydrogen (secondary N) is 2. The number of anilines is 1. The van der Waals surface area contributed by atoms with Crippen LogP contribution in [0.2, 0.25) is 0 Å². The first-order valence-electron chi connectivity index (χ1n) is 5.60. The maximum absolute atomic E-state index is 11.6. The van der Waals surface area contributed by atoms with Crippen molar-refractivity contribution < 1.29 is 14.4 Å². The van der Waals surface area contributed by atoms with Gasteiger partial charge in [0.15, 0.2) is 0 Å². The van der Waals surface area contributed by atoms with Crippen LogP contribution in [0.25, 0.3) is 0 Å². The highest BCUT2D eigenvalue weighted by Crippen LogP contribution is 2.13. The number of halogens is 1. The zero-order valence-corrected chi connectivity index (χ0v) is 10.9. The van der Waals surface area contributed by atoms with E-state index in [2.05, 4.69) is 10.6 Å². The molecule has 4 N–H and O–H groups in total. The number of nitrogens with two attached hydrogens (primary N) is 1. The quantitative estimate of drug-likeness (QED) is 0.416. The van der Waals surface area contributed by atoms with Gasteiger partial charge in [-0.05, 0) is 18.6 Å². The molecule has 1 aromatic carbocycles. The molecule has 7 heteroatoms. The summed E-state index contributed by atoms with van der Waals surface area (Å²) in [5, 5.41) is 4.73. The molecule has 0 radical (unpaired) electrons. The molecule has 0 bridgehead atoms. The largest absolute Gasteiger partial charge is 0.366 e. The Balaban J connectivity index is 2.66. The van der Waals surface area contributed by atoms with E-state index in [0.717, 1.165) is 0 Å². The van der Waals surface area contributed by atoms with Gasteiger partial charge in [-0.3, -0.25) is 14.4 Å². The first-order chi connectivity index (χ1) is 9.06. The Morgan fingerprint density at radius 3 is 2.47 bits per heavy atom. The van der Waals surface area contributed by atoms with Gasteiger partial charge in [0.2, 0.25) is 0 Å². The minimum atomic E-state index is -0.858. The van der Waals surface area contributed by atoms with E-state index in [-0.39, 0.29) is 11.3 Å². The van der Waals surface area contributed by atoms with Crippen molar-refractivity contribution in [2.24, 2.45) is 5.73 Å². The lowest BCUT2D eigenvalue weighted by Crippen LogP contribution is -2.36. The predicted molar refractivity (Wildman–Crippen MR) is 71.9 cm³/mol. The van der Waals surface area contributed by atoms with Gasteiger partial charge in [-0.25, -0.2) is 0 Å². The zero-order valence-electron chi connectivity index (χ0n) is 10.1. The van der Waals surface area contributed by atoms with E-state index < -0.39 is 17.7 Å². The van der Waals surface area contributed by atoms with E-state index >= 15 is 0 Å². The number of alkyl halides is 1. The van der Waals surface area contributed by atoms with Crippen molar-refractivity contribution in [1.82, 2.24) is 5.32 Å². The van der Waals surface area contributed by atoms with E-state index in [0.29, 0.717) is 18.8 Å². The van der Waals surface area contributed by atoms with Crippen molar-refractivity contribution in [1.29, 1.82) is 0 Å². The second-order valence-corrected chi connectivity index (χ2v) is 4.04. The van der Waals surface area contributed by atoms with Gasteiger partial charge >= 0.3 is 11.8 Å². The Kier molecular flexibility index (Phi) is 5.81. The number of hydrogen-bond acceptors (Lipinski definition) is 3. The Morgan fingerprint density at radius 2 is 1.84 bits per heavy atom. The molecule has 0 saturated heterocycles. The smallest absolute Gasteiger partial charge is 0.313 e. The Bertz CT molecular complexity index is 491. The summed E-state index contributed by atoms with van der Waals surface area (Å²) in [5.74, 6) is -1.93. The summed E-state index contributed by atoms with van der Waals surface area (Å²) in [7, 11) is 0. The molecule has 0 spiro atoms. The lowest BCUT2D eigenvalue weighted by molar-refractivity contribution is -0.136. The maximum atomic E-state index is 11.6. The summed E-state index contributed by atoms with van der Waals surface area (Å²) in [6.07, 6.45) is 0.568. The zero-order chi connectivity index (χ0) is 14.3. The van der Waals surface area contributed by atoms with Crippen LogP contribution in [0.4, 0.5) is 5.69 Å². The molecule has 1 aromatic rings. The number of hydrogen-bond donors (Lipinski definition) is 3. The molecule has 0 aromatic heterocycles. The summed E-state index contributed by atoms with van der Waals surface area (Å²) < 4.78 is 0. The molecule has 3 amide bonds. The van der Waals surface area contributed by atoms with Gasteiger partial charge in [0, 0.05) is 12.4 Å². The van der Waals surface area contributed by atoms with E-state index in [1.54, 1.807) is 12.1 Å². The molecule has 0 heterocycles. The average Bonchev–Trinajstić information content (AvgIpc) is 2.39. The molecular weight excluding hydrogens is 270 g/mol. The fraction of sp³-hybridized carbons (Fsp3) is 0.250. The molecule has 0 aliphatic rings. The Hall–Kier alpha value is -2.08. The van der Waals surface area contributed by atoms with Crippen molar-refractivity contribution >= 4 is 35.0 Å². The summed E-state index contributed by atoms with van der Waals surface area (Å²) in [6, 6.07) is 6.18. The molecule has 102 valence electrons. The molecule has 0 aliphatic heterocycles. The number of benzene rings is 1. The van der Waals surface area contributed by atoms with Crippen LogP contribution in [-0.4, -0.2) is 30.1 Å². The van der Waals surface area contributed by atoms with Crippen LogP contribution in [0.5, 0.6) is 0 Å². The first kappa shape index (κ1) is 15.0. The lowest BCUT2D eigenvalue weighted by Gasteiger charge is -2.08. The fourth-order valence-corrected chi connectivity index (χ4v) is 1.47. The number of para-hydroxylation sites is 1. The van der Waals surface area contributed by atoms with Crippen molar-refractivity contribution in [2.75, 3.05) is 17.7 Å². The van der Waals surface area contributed by atoms with Crippen LogP contribution in [0.3, 0.4) is 0 Å². The van der Waals surface area contributed by atoms with Crippen molar-refractivity contribution in [3.05, 3.63) is 29.8 Å². The third kappa shape index (κ3) is 4.59. The van der Waals surface area contributed by atoms with Crippen LogP contribution in [0, 0.1) is 0 Å². The lowest BCUT2D eigenvalue weighted by atomic mass is 10.1. The highest BCUT2D eigenvalue weighted by Gasteiger charge is 2.15. The molecule has 0 fully saturated rings. The van der Waals surface area contributed by atoms with E-state index in [1.807, 2.05) is 0 Å². The summed E-state index contributed by atoms with van der Waals surface area (Å²) in [4.78, 5) is 34.1. The summed E-state index contributed by atoms with van der Waals surface area (Å²) >= 11 is 5.45. The Labute approximate surface area is 115 Å². The van der Waals surface area contributed by atoms with Gasteiger partial charge in [0.1, 0.15) is 0 Å². The van der Waals surface area contributed by atoms with Gasteiger partial charge in [-0.15, -0.1) is 11.6 Å². The molecule has 0 aliphatic carbocycles. The molecule has 0 saturated carbocycles.